The zero-order valence-electron chi connectivity index (χ0n) is 18.0. The number of hydrogen-bond donors (Lipinski definition) is 4. The number of hydrazine groups is 1. The number of rotatable bonds is 6. The molecule has 1 fully saturated rings. The molecule has 0 radical (unpaired) electrons. The maximum absolute atomic E-state index is 12.6. The van der Waals surface area contributed by atoms with Gasteiger partial charge in [0.2, 0.25) is 5.88 Å². The van der Waals surface area contributed by atoms with E-state index in [1.165, 1.54) is 0 Å². The van der Waals surface area contributed by atoms with Gasteiger partial charge in [0.25, 0.3) is 5.91 Å². The molecule has 0 aliphatic carbocycles. The van der Waals surface area contributed by atoms with Gasteiger partial charge in [-0.15, -0.1) is 10.2 Å². The second kappa shape index (κ2) is 9.64. The van der Waals surface area contributed by atoms with Crippen molar-refractivity contribution in [3.05, 3.63) is 88.9 Å². The van der Waals surface area contributed by atoms with Crippen molar-refractivity contribution in [2.24, 2.45) is 10.2 Å². The number of hydrogen-bond acceptors (Lipinski definition) is 6. The van der Waals surface area contributed by atoms with Gasteiger partial charge in [-0.25, -0.2) is 10.9 Å². The molecule has 34 heavy (non-hydrogen) atoms. The van der Waals surface area contributed by atoms with Crippen molar-refractivity contribution in [2.45, 2.75) is 25.1 Å². The molecule has 1 aromatic heterocycles. The molecule has 0 saturated carbocycles. The maximum atomic E-state index is 12.6. The fraction of sp³-hybridized carbons (Fsp3) is 0.160. The molecule has 0 spiro atoms. The third kappa shape index (κ3) is 4.79. The topological polar surface area (TPSA) is 111 Å². The number of carbonyl (C=O) groups excluding carboxylic acids is 1. The van der Waals surface area contributed by atoms with Crippen LogP contribution in [0.5, 0.6) is 11.6 Å². The quantitative estimate of drug-likeness (QED) is 0.282. The van der Waals surface area contributed by atoms with E-state index in [2.05, 4.69) is 26.1 Å². The van der Waals surface area contributed by atoms with Gasteiger partial charge < -0.3 is 14.8 Å². The van der Waals surface area contributed by atoms with Crippen molar-refractivity contribution in [3.63, 3.8) is 0 Å². The summed E-state index contributed by atoms with van der Waals surface area (Å²) < 4.78 is 5.83. The minimum absolute atomic E-state index is 0.0593. The standard InChI is InChI=1S/C25H22ClN5O3/c26-17-9-5-15(6-10-17)14-34-18-11-7-16(8-12-18)21-13-22(29-28-21)24(32)31-30-23-19-3-1-2-4-20(19)27-25(23)33/h1-12,21-22,27-29,33H,13-14H2. The van der Waals surface area contributed by atoms with Crippen molar-refractivity contribution < 1.29 is 14.6 Å². The number of ether oxygens (including phenoxy) is 1. The smallest absolute Gasteiger partial charge is 0.282 e. The molecule has 3 aromatic carbocycles. The van der Waals surface area contributed by atoms with Crippen LogP contribution in [0.25, 0.3) is 10.9 Å². The molecular weight excluding hydrogens is 454 g/mol. The van der Waals surface area contributed by atoms with Crippen LogP contribution in [-0.4, -0.2) is 22.0 Å². The largest absolute Gasteiger partial charge is 0.493 e. The average Bonchev–Trinajstić information content (AvgIpc) is 3.47. The Morgan fingerprint density at radius 1 is 1.03 bits per heavy atom. The summed E-state index contributed by atoms with van der Waals surface area (Å²) in [4.78, 5) is 15.4. The number of H-pyrrole nitrogens is 1. The summed E-state index contributed by atoms with van der Waals surface area (Å²) in [5.41, 5.74) is 9.16. The molecule has 2 heterocycles. The highest BCUT2D eigenvalue weighted by atomic mass is 35.5. The Balaban J connectivity index is 1.18. The van der Waals surface area contributed by atoms with Gasteiger partial charge in [0.15, 0.2) is 5.69 Å². The fourth-order valence-corrected chi connectivity index (χ4v) is 3.99. The Hall–Kier alpha value is -3.72. The third-order valence-corrected chi connectivity index (χ3v) is 5.96. The number of amides is 1. The number of nitrogens with zero attached hydrogens (tertiary/aromatic N) is 2. The molecule has 1 aliphatic heterocycles. The number of para-hydroxylation sites is 1. The number of benzene rings is 3. The van der Waals surface area contributed by atoms with Gasteiger partial charge in [0, 0.05) is 16.5 Å². The predicted molar refractivity (Wildman–Crippen MR) is 129 cm³/mol. The van der Waals surface area contributed by atoms with Crippen molar-refractivity contribution >= 4 is 34.1 Å². The van der Waals surface area contributed by atoms with Crippen LogP contribution in [-0.2, 0) is 11.4 Å². The van der Waals surface area contributed by atoms with Crippen molar-refractivity contribution in [2.75, 3.05) is 0 Å². The van der Waals surface area contributed by atoms with Gasteiger partial charge in [-0.2, -0.15) is 0 Å². The predicted octanol–water partition coefficient (Wildman–Crippen LogP) is 5.32. The first kappa shape index (κ1) is 22.1. The first-order valence-electron chi connectivity index (χ1n) is 10.8. The number of aromatic hydroxyl groups is 1. The monoisotopic (exact) mass is 475 g/mol. The Morgan fingerprint density at radius 2 is 1.79 bits per heavy atom. The molecule has 1 saturated heterocycles. The lowest BCUT2D eigenvalue weighted by molar-refractivity contribution is -0.120. The Morgan fingerprint density at radius 3 is 2.59 bits per heavy atom. The Bertz CT molecular complexity index is 1340. The normalized spacial score (nSPS) is 18.0. The highest BCUT2D eigenvalue weighted by molar-refractivity contribution is 6.30. The zero-order chi connectivity index (χ0) is 23.5. The molecule has 2 unspecified atom stereocenters. The van der Waals surface area contributed by atoms with E-state index >= 15 is 0 Å². The number of aromatic amines is 1. The maximum Gasteiger partial charge on any atom is 0.282 e. The van der Waals surface area contributed by atoms with Crippen LogP contribution in [0, 0.1) is 0 Å². The van der Waals surface area contributed by atoms with E-state index in [0.717, 1.165) is 22.4 Å². The lowest BCUT2D eigenvalue weighted by Crippen LogP contribution is -2.35. The van der Waals surface area contributed by atoms with Gasteiger partial charge in [-0.1, -0.05) is 54.1 Å². The fourth-order valence-electron chi connectivity index (χ4n) is 3.86. The third-order valence-electron chi connectivity index (χ3n) is 5.71. The van der Waals surface area contributed by atoms with Crippen molar-refractivity contribution in [1.82, 2.24) is 15.8 Å². The second-order valence-corrected chi connectivity index (χ2v) is 8.46. The molecule has 2 atom stereocenters. The highest BCUT2D eigenvalue weighted by Crippen LogP contribution is 2.35. The average molecular weight is 476 g/mol. The second-order valence-electron chi connectivity index (χ2n) is 8.02. The molecule has 4 aromatic rings. The molecule has 9 heteroatoms. The molecule has 0 bridgehead atoms. The molecule has 4 N–H and O–H groups in total. The summed E-state index contributed by atoms with van der Waals surface area (Å²) in [6.07, 6.45) is 0.517. The first-order chi connectivity index (χ1) is 16.6. The summed E-state index contributed by atoms with van der Waals surface area (Å²) in [5, 5.41) is 19.3. The van der Waals surface area contributed by atoms with Crippen LogP contribution in [0.1, 0.15) is 23.6 Å². The van der Waals surface area contributed by atoms with Gasteiger partial charge in [0.1, 0.15) is 18.4 Å². The first-order valence-corrected chi connectivity index (χ1v) is 11.2. The minimum atomic E-state index is -0.526. The van der Waals surface area contributed by atoms with Crippen LogP contribution in [0.4, 0.5) is 5.69 Å². The Labute approximate surface area is 200 Å². The summed E-state index contributed by atoms with van der Waals surface area (Å²) in [6, 6.07) is 22.0. The lowest BCUT2D eigenvalue weighted by Gasteiger charge is -2.11. The minimum Gasteiger partial charge on any atom is -0.493 e. The molecule has 8 nitrogen and oxygen atoms in total. The number of nitrogens with one attached hydrogen (secondary N) is 3. The number of azo groups is 1. The summed E-state index contributed by atoms with van der Waals surface area (Å²) >= 11 is 5.91. The van der Waals surface area contributed by atoms with E-state index in [-0.39, 0.29) is 17.6 Å². The highest BCUT2D eigenvalue weighted by Gasteiger charge is 2.30. The summed E-state index contributed by atoms with van der Waals surface area (Å²) in [7, 11) is 0. The summed E-state index contributed by atoms with van der Waals surface area (Å²) in [5.74, 6) is 0.221. The zero-order valence-corrected chi connectivity index (χ0v) is 18.8. The number of fused-ring (bicyclic) bond motifs is 1. The van der Waals surface area contributed by atoms with Crippen LogP contribution in [0.2, 0.25) is 5.02 Å². The number of aromatic nitrogens is 1. The lowest BCUT2D eigenvalue weighted by atomic mass is 10.0. The molecule has 1 aliphatic rings. The van der Waals surface area contributed by atoms with E-state index in [1.54, 1.807) is 6.07 Å². The van der Waals surface area contributed by atoms with E-state index in [9.17, 15) is 9.90 Å². The number of carbonyl (C=O) groups is 1. The van der Waals surface area contributed by atoms with E-state index in [4.69, 9.17) is 16.3 Å². The van der Waals surface area contributed by atoms with E-state index in [0.29, 0.717) is 23.4 Å². The van der Waals surface area contributed by atoms with Crippen LogP contribution in [0.15, 0.2) is 83.0 Å². The molecule has 5 rings (SSSR count). The van der Waals surface area contributed by atoms with Gasteiger partial charge >= 0.3 is 0 Å². The molecule has 1 amide bonds. The van der Waals surface area contributed by atoms with Crippen LogP contribution >= 0.6 is 11.6 Å². The van der Waals surface area contributed by atoms with Crippen LogP contribution in [0.3, 0.4) is 0 Å². The van der Waals surface area contributed by atoms with Crippen molar-refractivity contribution in [3.8, 4) is 11.6 Å². The SMILES string of the molecule is O=C(N=Nc1c(O)[nH]c2ccccc12)C1CC(c2ccc(OCc3ccc(Cl)cc3)cc2)NN1. The van der Waals surface area contributed by atoms with Crippen molar-refractivity contribution in [1.29, 1.82) is 0 Å². The van der Waals surface area contributed by atoms with Gasteiger partial charge in [-0.05, 0) is 47.9 Å². The number of halogens is 1. The Kier molecular flexibility index (Phi) is 6.27. The van der Waals surface area contributed by atoms with E-state index in [1.807, 2.05) is 66.7 Å². The van der Waals surface area contributed by atoms with Gasteiger partial charge in [0.05, 0.1) is 5.52 Å². The van der Waals surface area contributed by atoms with E-state index < -0.39 is 11.9 Å². The summed E-state index contributed by atoms with van der Waals surface area (Å²) in [6.45, 7) is 0.452. The van der Waals surface area contributed by atoms with Gasteiger partial charge in [-0.3, -0.25) is 4.79 Å². The molecule has 172 valence electrons. The molecular formula is C25H22ClN5O3. The van der Waals surface area contributed by atoms with Crippen LogP contribution < -0.4 is 15.6 Å².